The molecular formula is C19H20ClNO4. The highest BCUT2D eigenvalue weighted by Crippen LogP contribution is 2.36. The molecule has 2 rings (SSSR count). The number of nitrogens with zero attached hydrogens (tertiary/aromatic N) is 1. The number of rotatable bonds is 5. The van der Waals surface area contributed by atoms with Crippen LogP contribution < -0.4 is 0 Å². The average Bonchev–Trinajstić information content (AvgIpc) is 2.54. The quantitative estimate of drug-likeness (QED) is 0.740. The van der Waals surface area contributed by atoms with E-state index in [2.05, 4.69) is 4.98 Å². The molecule has 25 heavy (non-hydrogen) atoms. The lowest BCUT2D eigenvalue weighted by Crippen LogP contribution is -2.17. The van der Waals surface area contributed by atoms with E-state index >= 15 is 0 Å². The fourth-order valence-corrected chi connectivity index (χ4v) is 2.92. The second-order valence-electron chi connectivity index (χ2n) is 5.33. The number of hydrogen-bond acceptors (Lipinski definition) is 5. The summed E-state index contributed by atoms with van der Waals surface area (Å²) < 4.78 is 10.3. The fraction of sp³-hybridized carbons (Fsp3) is 0.316. The Hall–Kier alpha value is -2.40. The molecule has 2 aromatic rings. The smallest absolute Gasteiger partial charge is 0.340 e. The molecule has 0 unspecified atom stereocenters. The third-order valence-electron chi connectivity index (χ3n) is 3.66. The minimum atomic E-state index is -0.548. The molecular weight excluding hydrogens is 342 g/mol. The van der Waals surface area contributed by atoms with Gasteiger partial charge in [-0.05, 0) is 33.8 Å². The van der Waals surface area contributed by atoms with E-state index in [1.165, 1.54) is 0 Å². The van der Waals surface area contributed by atoms with Gasteiger partial charge < -0.3 is 9.47 Å². The first-order valence-electron chi connectivity index (χ1n) is 8.02. The van der Waals surface area contributed by atoms with Crippen molar-refractivity contribution in [1.82, 2.24) is 4.98 Å². The van der Waals surface area contributed by atoms with Crippen molar-refractivity contribution in [3.8, 4) is 11.1 Å². The van der Waals surface area contributed by atoms with Crippen molar-refractivity contribution >= 4 is 23.5 Å². The Morgan fingerprint density at radius 1 is 0.960 bits per heavy atom. The van der Waals surface area contributed by atoms with Crippen LogP contribution in [0.3, 0.4) is 0 Å². The SMILES string of the molecule is CCOC(=O)c1c(C)nc(C)c(C(=O)OCC)c1-c1ccccc1Cl. The van der Waals surface area contributed by atoms with Crippen molar-refractivity contribution in [3.05, 3.63) is 51.8 Å². The third-order valence-corrected chi connectivity index (χ3v) is 3.99. The van der Waals surface area contributed by atoms with Gasteiger partial charge in [-0.25, -0.2) is 9.59 Å². The summed E-state index contributed by atoms with van der Waals surface area (Å²) in [5.74, 6) is -1.10. The van der Waals surface area contributed by atoms with Crippen molar-refractivity contribution in [2.24, 2.45) is 0 Å². The van der Waals surface area contributed by atoms with E-state index in [9.17, 15) is 9.59 Å². The monoisotopic (exact) mass is 361 g/mol. The Labute approximate surface area is 151 Å². The number of hydrogen-bond donors (Lipinski definition) is 0. The number of pyridine rings is 1. The number of aromatic nitrogens is 1. The largest absolute Gasteiger partial charge is 0.462 e. The summed E-state index contributed by atoms with van der Waals surface area (Å²) in [6.45, 7) is 7.27. The van der Waals surface area contributed by atoms with Crippen molar-refractivity contribution in [2.45, 2.75) is 27.7 Å². The molecule has 6 heteroatoms. The number of halogens is 1. The average molecular weight is 362 g/mol. The van der Waals surface area contributed by atoms with Crippen molar-refractivity contribution in [2.75, 3.05) is 13.2 Å². The second kappa shape index (κ2) is 8.12. The predicted molar refractivity (Wildman–Crippen MR) is 96.1 cm³/mol. The molecule has 1 heterocycles. The molecule has 0 aliphatic heterocycles. The molecule has 0 atom stereocenters. The van der Waals surface area contributed by atoms with Gasteiger partial charge in [-0.1, -0.05) is 29.8 Å². The maximum absolute atomic E-state index is 12.6. The standard InChI is InChI=1S/C19H20ClNO4/c1-5-24-18(22)15-11(3)21-12(4)16(19(23)25-6-2)17(15)13-9-7-8-10-14(13)20/h7-10H,5-6H2,1-4H3. The molecule has 0 N–H and O–H groups in total. The van der Waals surface area contributed by atoms with E-state index in [4.69, 9.17) is 21.1 Å². The first-order chi connectivity index (χ1) is 11.9. The van der Waals surface area contributed by atoms with Gasteiger partial charge in [0.2, 0.25) is 0 Å². The van der Waals surface area contributed by atoms with E-state index in [-0.39, 0.29) is 24.3 Å². The van der Waals surface area contributed by atoms with Crippen LogP contribution >= 0.6 is 11.6 Å². The lowest BCUT2D eigenvalue weighted by atomic mass is 9.92. The van der Waals surface area contributed by atoms with Crippen molar-refractivity contribution in [1.29, 1.82) is 0 Å². The number of carbonyl (C=O) groups excluding carboxylic acids is 2. The second-order valence-corrected chi connectivity index (χ2v) is 5.74. The van der Waals surface area contributed by atoms with Gasteiger partial charge in [0.25, 0.3) is 0 Å². The molecule has 1 aromatic heterocycles. The third kappa shape index (κ3) is 3.82. The van der Waals surface area contributed by atoms with Gasteiger partial charge in [0.15, 0.2) is 0 Å². The molecule has 0 saturated heterocycles. The van der Waals surface area contributed by atoms with Crippen LogP contribution in [0.5, 0.6) is 0 Å². The molecule has 132 valence electrons. The number of ether oxygens (including phenoxy) is 2. The van der Waals surface area contributed by atoms with E-state index in [0.717, 1.165) is 0 Å². The van der Waals surface area contributed by atoms with E-state index < -0.39 is 11.9 Å². The first kappa shape index (κ1) is 18.9. The van der Waals surface area contributed by atoms with Gasteiger partial charge in [0.1, 0.15) is 0 Å². The normalized spacial score (nSPS) is 10.4. The highest BCUT2D eigenvalue weighted by Gasteiger charge is 2.28. The first-order valence-corrected chi connectivity index (χ1v) is 8.40. The van der Waals surface area contributed by atoms with Crippen LogP contribution in [0.4, 0.5) is 0 Å². The molecule has 0 amide bonds. The Morgan fingerprint density at radius 2 is 1.44 bits per heavy atom. The number of esters is 2. The van der Waals surface area contributed by atoms with Gasteiger partial charge in [-0.2, -0.15) is 0 Å². The zero-order chi connectivity index (χ0) is 18.6. The molecule has 0 saturated carbocycles. The van der Waals surface area contributed by atoms with Crippen LogP contribution in [0, 0.1) is 13.8 Å². The zero-order valence-corrected chi connectivity index (χ0v) is 15.4. The summed E-state index contributed by atoms with van der Waals surface area (Å²) in [5.41, 5.74) is 2.35. The molecule has 0 aliphatic carbocycles. The molecule has 5 nitrogen and oxygen atoms in total. The summed E-state index contributed by atoms with van der Waals surface area (Å²) in [4.78, 5) is 29.5. The highest BCUT2D eigenvalue weighted by atomic mass is 35.5. The minimum Gasteiger partial charge on any atom is -0.462 e. The van der Waals surface area contributed by atoms with E-state index in [1.54, 1.807) is 52.0 Å². The topological polar surface area (TPSA) is 65.5 Å². The van der Waals surface area contributed by atoms with E-state index in [1.807, 2.05) is 0 Å². The van der Waals surface area contributed by atoms with Gasteiger partial charge >= 0.3 is 11.9 Å². The van der Waals surface area contributed by atoms with Crippen molar-refractivity contribution in [3.63, 3.8) is 0 Å². The summed E-state index contributed by atoms with van der Waals surface area (Å²) in [5, 5.41) is 0.420. The molecule has 1 aromatic carbocycles. The van der Waals surface area contributed by atoms with Gasteiger partial charge in [-0.15, -0.1) is 0 Å². The molecule has 0 radical (unpaired) electrons. The van der Waals surface area contributed by atoms with Crippen LogP contribution in [0.15, 0.2) is 24.3 Å². The number of carbonyl (C=O) groups is 2. The van der Waals surface area contributed by atoms with Crippen LogP contribution in [-0.2, 0) is 9.47 Å². The van der Waals surface area contributed by atoms with Crippen LogP contribution in [-0.4, -0.2) is 30.1 Å². The Balaban J connectivity index is 2.89. The molecule has 0 aliphatic rings. The maximum Gasteiger partial charge on any atom is 0.340 e. The molecule has 0 spiro atoms. The number of aryl methyl sites for hydroxylation is 2. The van der Waals surface area contributed by atoms with Crippen molar-refractivity contribution < 1.29 is 19.1 Å². The maximum atomic E-state index is 12.6. The van der Waals surface area contributed by atoms with Gasteiger partial charge in [0.05, 0.1) is 35.7 Å². The van der Waals surface area contributed by atoms with Crippen LogP contribution in [0.2, 0.25) is 5.02 Å². The van der Waals surface area contributed by atoms with Gasteiger partial charge in [-0.3, -0.25) is 4.98 Å². The predicted octanol–water partition coefficient (Wildman–Crippen LogP) is 4.37. The minimum absolute atomic E-state index is 0.211. The Morgan fingerprint density at radius 3 is 1.88 bits per heavy atom. The van der Waals surface area contributed by atoms with Crippen LogP contribution in [0.1, 0.15) is 46.0 Å². The highest BCUT2D eigenvalue weighted by molar-refractivity contribution is 6.34. The van der Waals surface area contributed by atoms with Crippen LogP contribution in [0.25, 0.3) is 11.1 Å². The van der Waals surface area contributed by atoms with E-state index in [0.29, 0.717) is 27.5 Å². The summed E-state index contributed by atoms with van der Waals surface area (Å²) in [7, 11) is 0. The molecule has 0 fully saturated rings. The Kier molecular flexibility index (Phi) is 6.15. The van der Waals surface area contributed by atoms with Gasteiger partial charge in [0, 0.05) is 16.1 Å². The number of benzene rings is 1. The summed E-state index contributed by atoms with van der Waals surface area (Å²) >= 11 is 6.35. The Bertz CT molecular complexity index is 775. The zero-order valence-electron chi connectivity index (χ0n) is 14.7. The lowest BCUT2D eigenvalue weighted by molar-refractivity contribution is 0.0525. The lowest BCUT2D eigenvalue weighted by Gasteiger charge is -2.18. The summed E-state index contributed by atoms with van der Waals surface area (Å²) in [6.07, 6.45) is 0. The summed E-state index contributed by atoms with van der Waals surface area (Å²) in [6, 6.07) is 7.02. The fourth-order valence-electron chi connectivity index (χ4n) is 2.69. The molecule has 0 bridgehead atoms.